The SMILES string of the molecule is Nc1cccc(CC(=O)N2CCCC2c2ccncc2)c1. The van der Waals surface area contributed by atoms with Gasteiger partial charge in [0.15, 0.2) is 0 Å². The van der Waals surface area contributed by atoms with Gasteiger partial charge in [-0.3, -0.25) is 9.78 Å². The normalized spacial score (nSPS) is 17.9. The largest absolute Gasteiger partial charge is 0.399 e. The van der Waals surface area contributed by atoms with Gasteiger partial charge < -0.3 is 10.6 Å². The Bertz CT molecular complexity index is 627. The summed E-state index contributed by atoms with van der Waals surface area (Å²) in [5.74, 6) is 0.167. The van der Waals surface area contributed by atoms with E-state index in [0.29, 0.717) is 12.1 Å². The van der Waals surface area contributed by atoms with E-state index in [4.69, 9.17) is 5.73 Å². The van der Waals surface area contributed by atoms with Gasteiger partial charge in [0.25, 0.3) is 0 Å². The van der Waals surface area contributed by atoms with Crippen molar-refractivity contribution in [2.24, 2.45) is 0 Å². The lowest BCUT2D eigenvalue weighted by Crippen LogP contribution is -2.31. The first-order valence-electron chi connectivity index (χ1n) is 7.28. The summed E-state index contributed by atoms with van der Waals surface area (Å²) in [6.07, 6.45) is 6.05. The van der Waals surface area contributed by atoms with Crippen LogP contribution in [-0.4, -0.2) is 22.3 Å². The molecule has 0 saturated carbocycles. The van der Waals surface area contributed by atoms with Crippen molar-refractivity contribution in [2.75, 3.05) is 12.3 Å². The van der Waals surface area contributed by atoms with Crippen molar-refractivity contribution < 1.29 is 4.79 Å². The molecule has 21 heavy (non-hydrogen) atoms. The first kappa shape index (κ1) is 13.6. The highest BCUT2D eigenvalue weighted by molar-refractivity contribution is 5.79. The quantitative estimate of drug-likeness (QED) is 0.880. The Kier molecular flexibility index (Phi) is 3.86. The summed E-state index contributed by atoms with van der Waals surface area (Å²) in [6.45, 7) is 0.828. The number of carbonyl (C=O) groups is 1. The summed E-state index contributed by atoms with van der Waals surface area (Å²) in [5, 5.41) is 0. The molecule has 1 unspecified atom stereocenters. The molecule has 2 N–H and O–H groups in total. The average Bonchev–Trinajstić information content (AvgIpc) is 2.98. The number of rotatable bonds is 3. The fraction of sp³-hybridized carbons (Fsp3) is 0.294. The van der Waals surface area contributed by atoms with Crippen LogP contribution < -0.4 is 5.73 Å². The maximum atomic E-state index is 12.6. The number of carbonyl (C=O) groups excluding carboxylic acids is 1. The molecular formula is C17H19N3O. The number of likely N-dealkylation sites (tertiary alicyclic amines) is 1. The number of hydrogen-bond donors (Lipinski definition) is 1. The maximum Gasteiger partial charge on any atom is 0.227 e. The monoisotopic (exact) mass is 281 g/mol. The van der Waals surface area contributed by atoms with Crippen molar-refractivity contribution >= 4 is 11.6 Å². The molecule has 1 amide bonds. The van der Waals surface area contributed by atoms with E-state index in [1.165, 1.54) is 5.56 Å². The Morgan fingerprint density at radius 3 is 2.86 bits per heavy atom. The number of benzene rings is 1. The highest BCUT2D eigenvalue weighted by Crippen LogP contribution is 2.32. The van der Waals surface area contributed by atoms with Crippen LogP contribution in [0.1, 0.15) is 30.0 Å². The minimum Gasteiger partial charge on any atom is -0.399 e. The molecule has 1 aliphatic rings. The molecule has 0 spiro atoms. The number of amides is 1. The molecule has 0 radical (unpaired) electrons. The zero-order valence-corrected chi connectivity index (χ0v) is 11.9. The van der Waals surface area contributed by atoms with Gasteiger partial charge in [-0.2, -0.15) is 0 Å². The highest BCUT2D eigenvalue weighted by atomic mass is 16.2. The van der Waals surface area contributed by atoms with Gasteiger partial charge in [0.05, 0.1) is 12.5 Å². The van der Waals surface area contributed by atoms with E-state index in [-0.39, 0.29) is 11.9 Å². The molecule has 2 heterocycles. The fourth-order valence-corrected chi connectivity index (χ4v) is 2.98. The van der Waals surface area contributed by atoms with Crippen LogP contribution >= 0.6 is 0 Å². The predicted molar refractivity (Wildman–Crippen MR) is 82.5 cm³/mol. The van der Waals surface area contributed by atoms with Gasteiger partial charge in [0, 0.05) is 24.6 Å². The van der Waals surface area contributed by atoms with Gasteiger partial charge in [0.2, 0.25) is 5.91 Å². The summed E-state index contributed by atoms with van der Waals surface area (Å²) in [6, 6.07) is 11.7. The summed E-state index contributed by atoms with van der Waals surface area (Å²) < 4.78 is 0. The lowest BCUT2D eigenvalue weighted by atomic mass is 10.1. The molecule has 4 heteroatoms. The van der Waals surface area contributed by atoms with Crippen LogP contribution in [0.15, 0.2) is 48.8 Å². The molecule has 1 saturated heterocycles. The van der Waals surface area contributed by atoms with E-state index in [1.807, 2.05) is 41.3 Å². The number of nitrogens with zero attached hydrogens (tertiary/aromatic N) is 2. The Hall–Kier alpha value is -2.36. The Labute approximate surface area is 124 Å². The molecule has 0 bridgehead atoms. The van der Waals surface area contributed by atoms with Crippen LogP contribution in [0.3, 0.4) is 0 Å². The summed E-state index contributed by atoms with van der Waals surface area (Å²) >= 11 is 0. The zero-order valence-electron chi connectivity index (χ0n) is 11.9. The first-order chi connectivity index (χ1) is 10.2. The number of pyridine rings is 1. The number of aromatic nitrogens is 1. The number of nitrogen functional groups attached to an aromatic ring is 1. The van der Waals surface area contributed by atoms with E-state index in [9.17, 15) is 4.79 Å². The molecule has 1 aromatic heterocycles. The third-order valence-corrected chi connectivity index (χ3v) is 3.97. The van der Waals surface area contributed by atoms with Gasteiger partial charge in [-0.25, -0.2) is 0 Å². The van der Waals surface area contributed by atoms with Crippen molar-refractivity contribution in [1.29, 1.82) is 0 Å². The van der Waals surface area contributed by atoms with E-state index in [0.717, 1.165) is 24.9 Å². The van der Waals surface area contributed by atoms with Crippen molar-refractivity contribution in [3.63, 3.8) is 0 Å². The van der Waals surface area contributed by atoms with Crippen LogP contribution in [0.25, 0.3) is 0 Å². The van der Waals surface area contributed by atoms with E-state index < -0.39 is 0 Å². The van der Waals surface area contributed by atoms with Gasteiger partial charge in [-0.05, 0) is 48.2 Å². The van der Waals surface area contributed by atoms with Crippen molar-refractivity contribution in [3.05, 3.63) is 59.9 Å². The minimum absolute atomic E-state index is 0.167. The highest BCUT2D eigenvalue weighted by Gasteiger charge is 2.29. The van der Waals surface area contributed by atoms with Crippen LogP contribution in [0, 0.1) is 0 Å². The average molecular weight is 281 g/mol. The van der Waals surface area contributed by atoms with E-state index in [1.54, 1.807) is 12.4 Å². The smallest absolute Gasteiger partial charge is 0.227 e. The summed E-state index contributed by atoms with van der Waals surface area (Å²) in [7, 11) is 0. The Balaban J connectivity index is 1.74. The Morgan fingerprint density at radius 1 is 1.29 bits per heavy atom. The van der Waals surface area contributed by atoms with E-state index in [2.05, 4.69) is 4.98 Å². The van der Waals surface area contributed by atoms with Crippen molar-refractivity contribution in [2.45, 2.75) is 25.3 Å². The van der Waals surface area contributed by atoms with Gasteiger partial charge in [-0.15, -0.1) is 0 Å². The lowest BCUT2D eigenvalue weighted by molar-refractivity contribution is -0.131. The second-order valence-corrected chi connectivity index (χ2v) is 5.45. The van der Waals surface area contributed by atoms with E-state index >= 15 is 0 Å². The summed E-state index contributed by atoms with van der Waals surface area (Å²) in [4.78, 5) is 18.6. The standard InChI is InChI=1S/C17H19N3O/c18-15-4-1-3-13(11-15)12-17(21)20-10-2-5-16(20)14-6-8-19-9-7-14/h1,3-4,6-9,11,16H,2,5,10,12,18H2. The second kappa shape index (κ2) is 5.95. The molecule has 108 valence electrons. The molecule has 2 aromatic rings. The van der Waals surface area contributed by atoms with Gasteiger partial charge >= 0.3 is 0 Å². The third-order valence-electron chi connectivity index (χ3n) is 3.97. The third kappa shape index (κ3) is 3.05. The molecule has 3 rings (SSSR count). The topological polar surface area (TPSA) is 59.2 Å². The molecule has 0 aliphatic carbocycles. The van der Waals surface area contributed by atoms with Crippen LogP contribution in [0.5, 0.6) is 0 Å². The first-order valence-corrected chi connectivity index (χ1v) is 7.28. The van der Waals surface area contributed by atoms with Crippen molar-refractivity contribution in [1.82, 2.24) is 9.88 Å². The molecule has 1 atom stereocenters. The zero-order chi connectivity index (χ0) is 14.7. The van der Waals surface area contributed by atoms with Crippen LogP contribution in [0.4, 0.5) is 5.69 Å². The maximum absolute atomic E-state index is 12.6. The lowest BCUT2D eigenvalue weighted by Gasteiger charge is -2.25. The molecule has 1 aliphatic heterocycles. The predicted octanol–water partition coefficient (Wildman–Crippen LogP) is 2.57. The van der Waals surface area contributed by atoms with Crippen LogP contribution in [-0.2, 0) is 11.2 Å². The van der Waals surface area contributed by atoms with Crippen molar-refractivity contribution in [3.8, 4) is 0 Å². The fourth-order valence-electron chi connectivity index (χ4n) is 2.98. The molecular weight excluding hydrogens is 262 g/mol. The molecule has 1 aromatic carbocycles. The minimum atomic E-state index is 0.167. The number of hydrogen-bond acceptors (Lipinski definition) is 3. The number of anilines is 1. The Morgan fingerprint density at radius 2 is 2.10 bits per heavy atom. The van der Waals surface area contributed by atoms with Gasteiger partial charge in [0.1, 0.15) is 0 Å². The van der Waals surface area contributed by atoms with Gasteiger partial charge in [-0.1, -0.05) is 12.1 Å². The second-order valence-electron chi connectivity index (χ2n) is 5.45. The van der Waals surface area contributed by atoms with Crippen LogP contribution in [0.2, 0.25) is 0 Å². The number of nitrogens with two attached hydrogens (primary N) is 1. The molecule has 4 nitrogen and oxygen atoms in total. The summed E-state index contributed by atoms with van der Waals surface area (Å²) in [5.41, 5.74) is 8.62. The molecule has 1 fully saturated rings.